The van der Waals surface area contributed by atoms with Crippen LogP contribution in [-0.2, 0) is 12.0 Å². The van der Waals surface area contributed by atoms with Crippen molar-refractivity contribution in [3.63, 3.8) is 0 Å². The van der Waals surface area contributed by atoms with Gasteiger partial charge < -0.3 is 10.8 Å². The quantitative estimate of drug-likeness (QED) is 0.715. The second-order valence-corrected chi connectivity index (χ2v) is 4.19. The first-order chi connectivity index (χ1) is 7.15. The van der Waals surface area contributed by atoms with Crippen LogP contribution >= 0.6 is 0 Å². The fourth-order valence-corrected chi connectivity index (χ4v) is 2.35. The van der Waals surface area contributed by atoms with Crippen molar-refractivity contribution in [2.45, 2.75) is 30.9 Å². The molecule has 0 radical (unpaired) electrons. The Balaban J connectivity index is 2.47. The van der Waals surface area contributed by atoms with Gasteiger partial charge in [0.1, 0.15) is 5.60 Å². The number of nitriles is 1. The summed E-state index contributed by atoms with van der Waals surface area (Å²) in [6, 6.07) is 9.65. The van der Waals surface area contributed by atoms with Crippen molar-refractivity contribution in [3.05, 3.63) is 35.4 Å². The molecule has 3 heteroatoms. The number of hydrogen-bond donors (Lipinski definition) is 2. The van der Waals surface area contributed by atoms with Gasteiger partial charge in [-0.1, -0.05) is 24.3 Å². The maximum Gasteiger partial charge on any atom is 0.104 e. The first-order valence-corrected chi connectivity index (χ1v) is 5.09. The second-order valence-electron chi connectivity index (χ2n) is 4.19. The first kappa shape index (κ1) is 10.2. The zero-order valence-corrected chi connectivity index (χ0v) is 8.48. The molecule has 0 aliphatic heterocycles. The lowest BCUT2D eigenvalue weighted by Crippen LogP contribution is -2.41. The predicted octanol–water partition coefficient (Wildman–Crippen LogP) is 1.06. The lowest BCUT2D eigenvalue weighted by Gasteiger charge is -2.35. The smallest absolute Gasteiger partial charge is 0.104 e. The molecule has 3 nitrogen and oxygen atoms in total. The number of aliphatic hydroxyl groups is 1. The highest BCUT2D eigenvalue weighted by Gasteiger charge is 2.37. The third kappa shape index (κ3) is 1.74. The Morgan fingerprint density at radius 2 is 2.27 bits per heavy atom. The number of rotatable bonds is 1. The van der Waals surface area contributed by atoms with Crippen LogP contribution in [0, 0.1) is 11.3 Å². The standard InChI is InChI=1S/C12H14N2O/c13-6-5-12(15)8-10(14)7-9-3-1-2-4-11(9)12/h1-4,10,15H,5,7-8,14H2/t10-,12-/m0/s1. The molecular formula is C12H14N2O. The first-order valence-electron chi connectivity index (χ1n) is 5.09. The van der Waals surface area contributed by atoms with E-state index in [0.29, 0.717) is 6.42 Å². The maximum absolute atomic E-state index is 10.4. The molecule has 3 N–H and O–H groups in total. The van der Waals surface area contributed by atoms with E-state index in [2.05, 4.69) is 0 Å². The predicted molar refractivity (Wildman–Crippen MR) is 56.9 cm³/mol. The van der Waals surface area contributed by atoms with Crippen LogP contribution in [0.25, 0.3) is 0 Å². The number of benzene rings is 1. The van der Waals surface area contributed by atoms with Crippen molar-refractivity contribution in [2.75, 3.05) is 0 Å². The Labute approximate surface area is 89.1 Å². The molecule has 0 fully saturated rings. The molecule has 1 aromatic carbocycles. The molecule has 0 aromatic heterocycles. The maximum atomic E-state index is 10.4. The molecule has 0 heterocycles. The summed E-state index contributed by atoms with van der Waals surface area (Å²) in [7, 11) is 0. The fraction of sp³-hybridized carbons (Fsp3) is 0.417. The third-order valence-electron chi connectivity index (χ3n) is 2.97. The van der Waals surface area contributed by atoms with Crippen molar-refractivity contribution in [1.82, 2.24) is 0 Å². The van der Waals surface area contributed by atoms with Gasteiger partial charge in [0.25, 0.3) is 0 Å². The summed E-state index contributed by atoms with van der Waals surface area (Å²) in [5.41, 5.74) is 6.77. The minimum atomic E-state index is -1.05. The molecule has 2 rings (SSSR count). The molecule has 0 saturated carbocycles. The van der Waals surface area contributed by atoms with E-state index in [0.717, 1.165) is 17.5 Å². The van der Waals surface area contributed by atoms with E-state index in [-0.39, 0.29) is 12.5 Å². The van der Waals surface area contributed by atoms with E-state index in [4.69, 9.17) is 11.0 Å². The summed E-state index contributed by atoms with van der Waals surface area (Å²) < 4.78 is 0. The summed E-state index contributed by atoms with van der Waals surface area (Å²) in [6.45, 7) is 0. The molecule has 0 spiro atoms. The number of nitrogens with zero attached hydrogens (tertiary/aromatic N) is 1. The Kier molecular flexibility index (Phi) is 2.47. The van der Waals surface area contributed by atoms with Gasteiger partial charge >= 0.3 is 0 Å². The van der Waals surface area contributed by atoms with Gasteiger partial charge in [-0.2, -0.15) is 5.26 Å². The molecule has 0 bridgehead atoms. The molecule has 2 atom stereocenters. The van der Waals surface area contributed by atoms with E-state index in [1.807, 2.05) is 30.3 Å². The minimum absolute atomic E-state index is 0.0572. The molecular weight excluding hydrogens is 188 g/mol. The Morgan fingerprint density at radius 3 is 3.00 bits per heavy atom. The average molecular weight is 202 g/mol. The fourth-order valence-electron chi connectivity index (χ4n) is 2.35. The highest BCUT2D eigenvalue weighted by molar-refractivity contribution is 5.36. The monoisotopic (exact) mass is 202 g/mol. The number of nitrogens with two attached hydrogens (primary N) is 1. The topological polar surface area (TPSA) is 70.0 Å². The van der Waals surface area contributed by atoms with E-state index in [1.165, 1.54) is 0 Å². The van der Waals surface area contributed by atoms with Gasteiger partial charge in [0.05, 0.1) is 12.5 Å². The van der Waals surface area contributed by atoms with Crippen LogP contribution in [0.4, 0.5) is 0 Å². The minimum Gasteiger partial charge on any atom is -0.384 e. The van der Waals surface area contributed by atoms with Crippen LogP contribution in [-0.4, -0.2) is 11.1 Å². The summed E-state index contributed by atoms with van der Waals surface area (Å²) in [5.74, 6) is 0. The molecule has 1 aromatic rings. The van der Waals surface area contributed by atoms with Crippen LogP contribution in [0.15, 0.2) is 24.3 Å². The molecule has 1 aliphatic rings. The van der Waals surface area contributed by atoms with Crippen molar-refractivity contribution in [1.29, 1.82) is 5.26 Å². The third-order valence-corrected chi connectivity index (χ3v) is 2.97. The SMILES string of the molecule is N#CC[C@]1(O)C[C@@H](N)Cc2ccccc21. The average Bonchev–Trinajstić information content (AvgIpc) is 2.17. The van der Waals surface area contributed by atoms with Gasteiger partial charge in [-0.3, -0.25) is 0 Å². The van der Waals surface area contributed by atoms with E-state index < -0.39 is 5.60 Å². The Bertz CT molecular complexity index is 410. The normalized spacial score (nSPS) is 29.3. The van der Waals surface area contributed by atoms with Crippen LogP contribution in [0.2, 0.25) is 0 Å². The lowest BCUT2D eigenvalue weighted by atomic mass is 9.75. The van der Waals surface area contributed by atoms with Crippen molar-refractivity contribution < 1.29 is 5.11 Å². The van der Waals surface area contributed by atoms with Crippen LogP contribution in [0.3, 0.4) is 0 Å². The van der Waals surface area contributed by atoms with E-state index in [9.17, 15) is 5.11 Å². The molecule has 0 saturated heterocycles. The van der Waals surface area contributed by atoms with Gasteiger partial charge in [0.2, 0.25) is 0 Å². The summed E-state index contributed by atoms with van der Waals surface area (Å²) in [6.07, 6.45) is 1.36. The van der Waals surface area contributed by atoms with E-state index >= 15 is 0 Å². The molecule has 0 unspecified atom stereocenters. The number of hydrogen-bond acceptors (Lipinski definition) is 3. The van der Waals surface area contributed by atoms with Gasteiger partial charge in [0.15, 0.2) is 0 Å². The Morgan fingerprint density at radius 1 is 1.53 bits per heavy atom. The lowest BCUT2D eigenvalue weighted by molar-refractivity contribution is 0.0179. The zero-order chi connectivity index (χ0) is 10.9. The highest BCUT2D eigenvalue weighted by Crippen LogP contribution is 2.36. The second kappa shape index (κ2) is 3.65. The van der Waals surface area contributed by atoms with E-state index in [1.54, 1.807) is 0 Å². The zero-order valence-electron chi connectivity index (χ0n) is 8.48. The van der Waals surface area contributed by atoms with Gasteiger partial charge in [-0.05, 0) is 24.0 Å². The molecule has 15 heavy (non-hydrogen) atoms. The van der Waals surface area contributed by atoms with Crippen molar-refractivity contribution in [2.24, 2.45) is 5.73 Å². The number of fused-ring (bicyclic) bond motifs is 1. The Hall–Kier alpha value is -1.37. The summed E-state index contributed by atoms with van der Waals surface area (Å²) >= 11 is 0. The molecule has 0 amide bonds. The van der Waals surface area contributed by atoms with Gasteiger partial charge in [-0.15, -0.1) is 0 Å². The summed E-state index contributed by atoms with van der Waals surface area (Å²) in [4.78, 5) is 0. The largest absolute Gasteiger partial charge is 0.384 e. The van der Waals surface area contributed by atoms with Crippen LogP contribution < -0.4 is 5.73 Å². The van der Waals surface area contributed by atoms with Gasteiger partial charge in [0, 0.05) is 6.04 Å². The summed E-state index contributed by atoms with van der Waals surface area (Å²) in [5, 5.41) is 19.1. The van der Waals surface area contributed by atoms with Crippen LogP contribution in [0.5, 0.6) is 0 Å². The van der Waals surface area contributed by atoms with Crippen molar-refractivity contribution >= 4 is 0 Å². The highest BCUT2D eigenvalue weighted by atomic mass is 16.3. The van der Waals surface area contributed by atoms with Gasteiger partial charge in [-0.25, -0.2) is 0 Å². The molecule has 78 valence electrons. The molecule has 1 aliphatic carbocycles. The van der Waals surface area contributed by atoms with Crippen LogP contribution in [0.1, 0.15) is 24.0 Å². The van der Waals surface area contributed by atoms with Crippen molar-refractivity contribution in [3.8, 4) is 6.07 Å².